The Kier molecular flexibility index (Phi) is 4.18. The molecule has 0 amide bonds. The van der Waals surface area contributed by atoms with Crippen LogP contribution >= 0.6 is 15.9 Å². The highest BCUT2D eigenvalue weighted by atomic mass is 79.9. The minimum absolute atomic E-state index is 0.118. The molecule has 1 rings (SSSR count). The van der Waals surface area contributed by atoms with Crippen molar-refractivity contribution in [1.29, 1.82) is 0 Å². The Hall–Kier alpha value is -1.23. The average Bonchev–Trinajstić information content (AvgIpc) is 2.29. The van der Waals surface area contributed by atoms with Gasteiger partial charge in [-0.2, -0.15) is 0 Å². The maximum atomic E-state index is 13.4. The summed E-state index contributed by atoms with van der Waals surface area (Å²) in [6, 6.07) is 3.99. The van der Waals surface area contributed by atoms with Gasteiger partial charge in [0, 0.05) is 4.47 Å². The number of carbonyl (C=O) groups excluding carboxylic acids is 2. The molecule has 3 nitrogen and oxygen atoms in total. The van der Waals surface area contributed by atoms with E-state index in [-0.39, 0.29) is 5.56 Å². The first-order valence-electron chi connectivity index (χ1n) is 4.54. The Morgan fingerprint density at radius 1 is 1.44 bits per heavy atom. The first-order valence-corrected chi connectivity index (χ1v) is 5.33. The van der Waals surface area contributed by atoms with Crippen LogP contribution in [0, 0.1) is 11.7 Å². The molecular weight excluding hydrogens is 279 g/mol. The van der Waals surface area contributed by atoms with Gasteiger partial charge >= 0.3 is 5.97 Å². The van der Waals surface area contributed by atoms with Gasteiger partial charge in [0.05, 0.1) is 12.7 Å². The topological polar surface area (TPSA) is 43.4 Å². The zero-order valence-corrected chi connectivity index (χ0v) is 10.4. The molecule has 1 atom stereocenters. The zero-order valence-electron chi connectivity index (χ0n) is 8.79. The van der Waals surface area contributed by atoms with E-state index in [1.54, 1.807) is 0 Å². The van der Waals surface area contributed by atoms with E-state index in [9.17, 15) is 14.0 Å². The molecule has 0 saturated heterocycles. The van der Waals surface area contributed by atoms with E-state index >= 15 is 0 Å². The highest BCUT2D eigenvalue weighted by Gasteiger charge is 2.25. The first-order chi connectivity index (χ1) is 7.47. The van der Waals surface area contributed by atoms with E-state index in [1.807, 2.05) is 0 Å². The predicted molar refractivity (Wildman–Crippen MR) is 59.6 cm³/mol. The fourth-order valence-electron chi connectivity index (χ4n) is 1.20. The second kappa shape index (κ2) is 5.21. The SMILES string of the molecule is COC(=O)C(C)C(=O)c1cc(Br)ccc1F. The van der Waals surface area contributed by atoms with Crippen molar-refractivity contribution in [2.24, 2.45) is 5.92 Å². The van der Waals surface area contributed by atoms with Crippen molar-refractivity contribution in [3.63, 3.8) is 0 Å². The molecule has 5 heteroatoms. The third kappa shape index (κ3) is 2.66. The molecule has 86 valence electrons. The fourth-order valence-corrected chi connectivity index (χ4v) is 1.56. The molecule has 1 aromatic carbocycles. The molecule has 0 fully saturated rings. The molecule has 0 bridgehead atoms. The number of ether oxygens (including phenoxy) is 1. The van der Waals surface area contributed by atoms with Crippen LogP contribution in [0.2, 0.25) is 0 Å². The van der Waals surface area contributed by atoms with Crippen molar-refractivity contribution in [3.8, 4) is 0 Å². The Labute approximate surface area is 101 Å². The van der Waals surface area contributed by atoms with E-state index < -0.39 is 23.5 Å². The average molecular weight is 289 g/mol. The van der Waals surface area contributed by atoms with Crippen molar-refractivity contribution in [1.82, 2.24) is 0 Å². The monoisotopic (exact) mass is 288 g/mol. The van der Waals surface area contributed by atoms with Gasteiger partial charge in [0.15, 0.2) is 5.78 Å². The standard InChI is InChI=1S/C11H10BrFO3/c1-6(11(15)16-2)10(14)8-5-7(12)3-4-9(8)13/h3-6H,1-2H3. The van der Waals surface area contributed by atoms with Gasteiger partial charge in [0.25, 0.3) is 0 Å². The highest BCUT2D eigenvalue weighted by Crippen LogP contribution is 2.19. The number of esters is 1. The number of ketones is 1. The van der Waals surface area contributed by atoms with Crippen LogP contribution in [-0.2, 0) is 9.53 Å². The Morgan fingerprint density at radius 3 is 2.62 bits per heavy atom. The summed E-state index contributed by atoms with van der Waals surface area (Å²) in [5.41, 5.74) is -0.118. The molecule has 0 spiro atoms. The molecule has 0 saturated carbocycles. The second-order valence-electron chi connectivity index (χ2n) is 3.23. The van der Waals surface area contributed by atoms with Gasteiger partial charge in [0.2, 0.25) is 0 Å². The van der Waals surface area contributed by atoms with Gasteiger partial charge < -0.3 is 4.74 Å². The lowest BCUT2D eigenvalue weighted by Crippen LogP contribution is -2.23. The molecule has 0 N–H and O–H groups in total. The summed E-state index contributed by atoms with van der Waals surface area (Å²) in [4.78, 5) is 22.9. The number of halogens is 2. The smallest absolute Gasteiger partial charge is 0.316 e. The number of hydrogen-bond acceptors (Lipinski definition) is 3. The second-order valence-corrected chi connectivity index (χ2v) is 4.15. The summed E-state index contributed by atoms with van der Waals surface area (Å²) in [6.07, 6.45) is 0. The molecule has 0 aliphatic rings. The number of methoxy groups -OCH3 is 1. The number of hydrogen-bond donors (Lipinski definition) is 0. The molecule has 1 unspecified atom stereocenters. The normalized spacial score (nSPS) is 12.0. The van der Waals surface area contributed by atoms with E-state index in [0.29, 0.717) is 4.47 Å². The number of Topliss-reactive ketones (excluding diaryl/α,β-unsaturated/α-hetero) is 1. The lowest BCUT2D eigenvalue weighted by Gasteiger charge is -2.09. The number of carbonyl (C=O) groups is 2. The predicted octanol–water partition coefficient (Wildman–Crippen LogP) is 2.58. The van der Waals surface area contributed by atoms with E-state index in [4.69, 9.17) is 0 Å². The minimum atomic E-state index is -1.01. The van der Waals surface area contributed by atoms with Crippen LogP contribution in [0.15, 0.2) is 22.7 Å². The van der Waals surface area contributed by atoms with Crippen LogP contribution in [0.1, 0.15) is 17.3 Å². The first kappa shape index (κ1) is 12.8. The lowest BCUT2D eigenvalue weighted by atomic mass is 9.99. The van der Waals surface area contributed by atoms with Crippen LogP contribution in [0.25, 0.3) is 0 Å². The van der Waals surface area contributed by atoms with Crippen LogP contribution in [0.5, 0.6) is 0 Å². The lowest BCUT2D eigenvalue weighted by molar-refractivity contribution is -0.143. The van der Waals surface area contributed by atoms with Crippen molar-refractivity contribution in [2.45, 2.75) is 6.92 Å². The van der Waals surface area contributed by atoms with Gasteiger partial charge in [-0.3, -0.25) is 9.59 Å². The van der Waals surface area contributed by atoms with Gasteiger partial charge in [-0.25, -0.2) is 4.39 Å². The molecular formula is C11H10BrFO3. The summed E-state index contributed by atoms with van der Waals surface area (Å²) in [7, 11) is 1.18. The maximum absolute atomic E-state index is 13.4. The van der Waals surface area contributed by atoms with Crippen molar-refractivity contribution < 1.29 is 18.7 Å². The Bertz CT molecular complexity index is 431. The highest BCUT2D eigenvalue weighted by molar-refractivity contribution is 9.10. The fraction of sp³-hybridized carbons (Fsp3) is 0.273. The molecule has 0 radical (unpaired) electrons. The Morgan fingerprint density at radius 2 is 2.06 bits per heavy atom. The number of rotatable bonds is 3. The van der Waals surface area contributed by atoms with Crippen LogP contribution in [-0.4, -0.2) is 18.9 Å². The van der Waals surface area contributed by atoms with Gasteiger partial charge in [-0.05, 0) is 25.1 Å². The summed E-state index contributed by atoms with van der Waals surface area (Å²) in [5.74, 6) is -2.92. The molecule has 0 aliphatic carbocycles. The molecule has 0 heterocycles. The molecule has 1 aromatic rings. The van der Waals surface area contributed by atoms with E-state index in [1.165, 1.54) is 32.2 Å². The third-order valence-electron chi connectivity index (χ3n) is 2.14. The minimum Gasteiger partial charge on any atom is -0.468 e. The third-order valence-corrected chi connectivity index (χ3v) is 2.64. The summed E-state index contributed by atoms with van der Waals surface area (Å²) < 4.78 is 18.4. The number of benzene rings is 1. The summed E-state index contributed by atoms with van der Waals surface area (Å²) in [6.45, 7) is 1.38. The molecule has 0 aliphatic heterocycles. The van der Waals surface area contributed by atoms with Crippen molar-refractivity contribution in [2.75, 3.05) is 7.11 Å². The van der Waals surface area contributed by atoms with Crippen LogP contribution in [0.4, 0.5) is 4.39 Å². The molecule has 16 heavy (non-hydrogen) atoms. The summed E-state index contributed by atoms with van der Waals surface area (Å²) in [5, 5.41) is 0. The van der Waals surface area contributed by atoms with Crippen LogP contribution < -0.4 is 0 Å². The largest absolute Gasteiger partial charge is 0.468 e. The van der Waals surface area contributed by atoms with Gasteiger partial charge in [0.1, 0.15) is 11.7 Å². The van der Waals surface area contributed by atoms with E-state index in [2.05, 4.69) is 20.7 Å². The van der Waals surface area contributed by atoms with Crippen molar-refractivity contribution >= 4 is 27.7 Å². The van der Waals surface area contributed by atoms with Crippen LogP contribution in [0.3, 0.4) is 0 Å². The van der Waals surface area contributed by atoms with E-state index in [0.717, 1.165) is 0 Å². The zero-order chi connectivity index (χ0) is 12.3. The Balaban J connectivity index is 3.05. The van der Waals surface area contributed by atoms with Gasteiger partial charge in [-0.1, -0.05) is 15.9 Å². The van der Waals surface area contributed by atoms with Gasteiger partial charge in [-0.15, -0.1) is 0 Å². The maximum Gasteiger partial charge on any atom is 0.316 e. The quantitative estimate of drug-likeness (QED) is 0.488. The van der Waals surface area contributed by atoms with Crippen molar-refractivity contribution in [3.05, 3.63) is 34.1 Å². The molecule has 0 aromatic heterocycles. The summed E-state index contributed by atoms with van der Waals surface area (Å²) >= 11 is 3.13.